The van der Waals surface area contributed by atoms with E-state index < -0.39 is 11.9 Å². The minimum Gasteiger partial charge on any atom is -0.321 e. The highest BCUT2D eigenvalue weighted by Gasteiger charge is 2.13. The second kappa shape index (κ2) is 7.75. The van der Waals surface area contributed by atoms with Crippen molar-refractivity contribution < 1.29 is 14.0 Å². The topological polar surface area (TPSA) is 83.1 Å². The summed E-state index contributed by atoms with van der Waals surface area (Å²) in [5.74, 6) is -0.831. The molecule has 0 radical (unpaired) electrons. The maximum Gasteiger partial charge on any atom is 0.325 e. The fourth-order valence-corrected chi connectivity index (χ4v) is 2.75. The molecule has 132 valence electrons. The van der Waals surface area contributed by atoms with Crippen molar-refractivity contribution in [2.75, 3.05) is 16.0 Å². The van der Waals surface area contributed by atoms with Gasteiger partial charge in [-0.05, 0) is 43.3 Å². The predicted octanol–water partition coefficient (Wildman–Crippen LogP) is 4.49. The van der Waals surface area contributed by atoms with E-state index in [4.69, 9.17) is 0 Å². The molecule has 3 rings (SSSR count). The summed E-state index contributed by atoms with van der Waals surface area (Å²) in [6.45, 7) is 1.96. The molecule has 0 saturated heterocycles. The number of aryl methyl sites for hydroxylation is 1. The number of nitrogens with zero attached hydrogens (tertiary/aromatic N) is 1. The molecule has 0 fully saturated rings. The molecule has 0 unspecified atom stereocenters. The Hall–Kier alpha value is -3.26. The van der Waals surface area contributed by atoms with Gasteiger partial charge in [-0.2, -0.15) is 0 Å². The summed E-state index contributed by atoms with van der Waals surface area (Å²) in [6, 6.07) is 12.3. The first-order chi connectivity index (χ1) is 12.5. The van der Waals surface area contributed by atoms with Gasteiger partial charge in [-0.25, -0.2) is 14.2 Å². The van der Waals surface area contributed by atoms with Gasteiger partial charge >= 0.3 is 6.03 Å². The lowest BCUT2D eigenvalue weighted by atomic mass is 10.2. The summed E-state index contributed by atoms with van der Waals surface area (Å²) < 4.78 is 12.9. The van der Waals surface area contributed by atoms with Crippen molar-refractivity contribution in [3.63, 3.8) is 0 Å². The number of anilines is 3. The molecule has 3 amide bonds. The van der Waals surface area contributed by atoms with Crippen LogP contribution < -0.4 is 16.0 Å². The third-order valence-electron chi connectivity index (χ3n) is 3.37. The van der Waals surface area contributed by atoms with E-state index in [0.717, 1.165) is 16.9 Å². The first-order valence-electron chi connectivity index (χ1n) is 7.67. The summed E-state index contributed by atoms with van der Waals surface area (Å²) in [4.78, 5) is 28.2. The molecule has 1 aromatic heterocycles. The molecular weight excluding hydrogens is 355 g/mol. The minimum atomic E-state index is -0.450. The standard InChI is InChI=1S/C18H15FN4O2S/c1-11-2-6-14(7-3-11)21-17(25)23-18-22-15(10-26-18)16(24)20-13-8-4-12(19)5-9-13/h2-10H,1H3,(H,20,24)(H2,21,22,23,25). The molecule has 3 N–H and O–H groups in total. The van der Waals surface area contributed by atoms with Crippen LogP contribution in [0.4, 0.5) is 25.7 Å². The highest BCUT2D eigenvalue weighted by molar-refractivity contribution is 7.14. The molecular formula is C18H15FN4O2S. The van der Waals surface area contributed by atoms with Crippen molar-refractivity contribution in [1.82, 2.24) is 4.98 Å². The zero-order chi connectivity index (χ0) is 18.5. The van der Waals surface area contributed by atoms with Crippen LogP contribution in [0.2, 0.25) is 0 Å². The molecule has 0 aliphatic heterocycles. The second-order valence-corrected chi connectivity index (χ2v) is 6.30. The van der Waals surface area contributed by atoms with Gasteiger partial charge in [0.2, 0.25) is 0 Å². The van der Waals surface area contributed by atoms with Crippen LogP contribution in [0.3, 0.4) is 0 Å². The number of aromatic nitrogens is 1. The summed E-state index contributed by atoms with van der Waals surface area (Å²) in [7, 11) is 0. The Morgan fingerprint density at radius 2 is 1.54 bits per heavy atom. The second-order valence-electron chi connectivity index (χ2n) is 5.44. The number of urea groups is 1. The number of carbonyl (C=O) groups is 2. The lowest BCUT2D eigenvalue weighted by Crippen LogP contribution is -2.19. The van der Waals surface area contributed by atoms with E-state index in [9.17, 15) is 14.0 Å². The molecule has 2 aromatic carbocycles. The van der Waals surface area contributed by atoms with E-state index in [0.29, 0.717) is 16.5 Å². The van der Waals surface area contributed by atoms with Gasteiger partial charge in [0.1, 0.15) is 11.5 Å². The van der Waals surface area contributed by atoms with Crippen molar-refractivity contribution in [2.24, 2.45) is 0 Å². The van der Waals surface area contributed by atoms with Gasteiger partial charge in [0.05, 0.1) is 0 Å². The van der Waals surface area contributed by atoms with Gasteiger partial charge in [0.15, 0.2) is 5.13 Å². The number of halogens is 1. The van der Waals surface area contributed by atoms with Crippen molar-refractivity contribution in [3.8, 4) is 0 Å². The lowest BCUT2D eigenvalue weighted by molar-refractivity contribution is 0.102. The van der Waals surface area contributed by atoms with Crippen LogP contribution in [-0.4, -0.2) is 16.9 Å². The number of hydrogen-bond acceptors (Lipinski definition) is 4. The smallest absolute Gasteiger partial charge is 0.321 e. The quantitative estimate of drug-likeness (QED) is 0.633. The van der Waals surface area contributed by atoms with Crippen LogP contribution in [0.15, 0.2) is 53.9 Å². The average molecular weight is 370 g/mol. The van der Waals surface area contributed by atoms with Crippen LogP contribution in [0.1, 0.15) is 16.1 Å². The number of carbonyl (C=O) groups excluding carboxylic acids is 2. The number of nitrogens with one attached hydrogen (secondary N) is 3. The van der Waals surface area contributed by atoms with Crippen LogP contribution in [-0.2, 0) is 0 Å². The van der Waals surface area contributed by atoms with Crippen LogP contribution in [0.5, 0.6) is 0 Å². The highest BCUT2D eigenvalue weighted by atomic mass is 32.1. The SMILES string of the molecule is Cc1ccc(NC(=O)Nc2nc(C(=O)Nc3ccc(F)cc3)cs2)cc1. The summed E-state index contributed by atoms with van der Waals surface area (Å²) in [5, 5.41) is 9.69. The number of amides is 3. The Morgan fingerprint density at radius 1 is 0.923 bits per heavy atom. The molecule has 0 saturated carbocycles. The summed E-state index contributed by atoms with van der Waals surface area (Å²) >= 11 is 1.13. The van der Waals surface area contributed by atoms with Gasteiger partial charge in [0, 0.05) is 16.8 Å². The molecule has 1 heterocycles. The first-order valence-corrected chi connectivity index (χ1v) is 8.55. The van der Waals surface area contributed by atoms with Gasteiger partial charge in [-0.3, -0.25) is 10.1 Å². The van der Waals surface area contributed by atoms with Crippen LogP contribution in [0.25, 0.3) is 0 Å². The van der Waals surface area contributed by atoms with E-state index in [1.54, 1.807) is 12.1 Å². The molecule has 0 aliphatic carbocycles. The number of hydrogen-bond donors (Lipinski definition) is 3. The lowest BCUT2D eigenvalue weighted by Gasteiger charge is -2.05. The van der Waals surface area contributed by atoms with E-state index in [2.05, 4.69) is 20.9 Å². The van der Waals surface area contributed by atoms with Crippen molar-refractivity contribution in [1.29, 1.82) is 0 Å². The maximum atomic E-state index is 12.9. The van der Waals surface area contributed by atoms with Gasteiger partial charge in [0.25, 0.3) is 5.91 Å². The minimum absolute atomic E-state index is 0.157. The van der Waals surface area contributed by atoms with E-state index in [1.807, 2.05) is 19.1 Å². The first kappa shape index (κ1) is 17.6. The molecule has 0 aliphatic rings. The Balaban J connectivity index is 1.58. The fraction of sp³-hybridized carbons (Fsp3) is 0.0556. The number of thiazole rings is 1. The van der Waals surface area contributed by atoms with Crippen molar-refractivity contribution in [2.45, 2.75) is 6.92 Å². The maximum absolute atomic E-state index is 12.9. The zero-order valence-corrected chi connectivity index (χ0v) is 14.6. The Bertz CT molecular complexity index is 923. The fourth-order valence-electron chi connectivity index (χ4n) is 2.06. The molecule has 8 heteroatoms. The van der Waals surface area contributed by atoms with Crippen LogP contribution in [0, 0.1) is 12.7 Å². The third kappa shape index (κ3) is 4.64. The van der Waals surface area contributed by atoms with Gasteiger partial charge < -0.3 is 10.6 Å². The van der Waals surface area contributed by atoms with E-state index in [1.165, 1.54) is 29.6 Å². The van der Waals surface area contributed by atoms with Crippen molar-refractivity contribution >= 4 is 39.8 Å². The van der Waals surface area contributed by atoms with Crippen LogP contribution >= 0.6 is 11.3 Å². The molecule has 6 nitrogen and oxygen atoms in total. The zero-order valence-electron chi connectivity index (χ0n) is 13.7. The third-order valence-corrected chi connectivity index (χ3v) is 4.13. The van der Waals surface area contributed by atoms with Crippen molar-refractivity contribution in [3.05, 3.63) is 71.0 Å². The highest BCUT2D eigenvalue weighted by Crippen LogP contribution is 2.18. The molecule has 0 atom stereocenters. The average Bonchev–Trinajstić information content (AvgIpc) is 3.07. The van der Waals surface area contributed by atoms with Gasteiger partial charge in [-0.15, -0.1) is 11.3 Å². The Morgan fingerprint density at radius 3 is 2.23 bits per heavy atom. The number of benzene rings is 2. The van der Waals surface area contributed by atoms with Gasteiger partial charge in [-0.1, -0.05) is 17.7 Å². The summed E-state index contributed by atoms with van der Waals surface area (Å²) in [6.07, 6.45) is 0. The number of rotatable bonds is 4. The largest absolute Gasteiger partial charge is 0.325 e. The molecule has 0 bridgehead atoms. The predicted molar refractivity (Wildman–Crippen MR) is 100 cm³/mol. The summed E-state index contributed by atoms with van der Waals surface area (Å²) in [5.41, 5.74) is 2.35. The molecule has 3 aromatic rings. The monoisotopic (exact) mass is 370 g/mol. The Labute approximate surface area is 153 Å². The Kier molecular flexibility index (Phi) is 5.23. The molecule has 0 spiro atoms. The van der Waals surface area contributed by atoms with E-state index in [-0.39, 0.29) is 11.5 Å². The normalized spacial score (nSPS) is 10.2. The van der Waals surface area contributed by atoms with E-state index >= 15 is 0 Å². The molecule has 26 heavy (non-hydrogen) atoms.